The van der Waals surface area contributed by atoms with Gasteiger partial charge in [0.05, 0.1) is 19.3 Å². The van der Waals surface area contributed by atoms with Crippen molar-refractivity contribution < 1.29 is 53.8 Å². The van der Waals surface area contributed by atoms with Gasteiger partial charge in [-0.05, 0) is 12.8 Å². The Kier molecular flexibility index (Phi) is 36.8. The molecule has 14 heteroatoms. The molecule has 13 nitrogen and oxygen atoms in total. The van der Waals surface area contributed by atoms with Gasteiger partial charge in [-0.25, -0.2) is 0 Å². The Morgan fingerprint density at radius 2 is 1.08 bits per heavy atom. The first-order valence-corrected chi connectivity index (χ1v) is 25.2. The molecule has 1 amide bonds. The molecule has 0 bridgehead atoms. The molecule has 1 saturated heterocycles. The number of aliphatic hydroxyl groups is 4. The number of hydrogen-bond donors (Lipinski definition) is 6. The third-order valence-corrected chi connectivity index (χ3v) is 12.4. The van der Waals surface area contributed by atoms with E-state index in [1.54, 1.807) is 0 Å². The molecular weight excluding hydrogens is 789 g/mol. The smallest absolute Gasteiger partial charge is 0.306 e. The van der Waals surface area contributed by atoms with Crippen LogP contribution < -0.4 is 11.1 Å². The van der Waals surface area contributed by atoms with E-state index in [1.165, 1.54) is 140 Å². The first kappa shape index (κ1) is 56.5. The quantitative estimate of drug-likeness (QED) is 0.0262. The third kappa shape index (κ3) is 29.7. The van der Waals surface area contributed by atoms with Gasteiger partial charge in [0, 0.05) is 30.9 Å². The lowest BCUT2D eigenvalue weighted by Crippen LogP contribution is -2.59. The first-order chi connectivity index (χ1) is 29.1. The van der Waals surface area contributed by atoms with Crippen molar-refractivity contribution >= 4 is 29.6 Å². The predicted molar refractivity (Wildman–Crippen MR) is 239 cm³/mol. The summed E-state index contributed by atoms with van der Waals surface area (Å²) in [7, 11) is 0. The zero-order chi connectivity index (χ0) is 44.1. The number of ether oxygens (including phenoxy) is 4. The highest BCUT2D eigenvalue weighted by Crippen LogP contribution is 2.22. The van der Waals surface area contributed by atoms with E-state index >= 15 is 0 Å². The van der Waals surface area contributed by atoms with Crippen molar-refractivity contribution in [2.24, 2.45) is 5.73 Å². The molecule has 0 radical (unpaired) electrons. The molecule has 0 saturated carbocycles. The van der Waals surface area contributed by atoms with Gasteiger partial charge in [-0.2, -0.15) is 11.8 Å². The number of carbonyl (C=O) groups is 3. The van der Waals surface area contributed by atoms with Gasteiger partial charge >= 0.3 is 11.9 Å². The van der Waals surface area contributed by atoms with Gasteiger partial charge < -0.3 is 50.4 Å². The van der Waals surface area contributed by atoms with Crippen molar-refractivity contribution in [2.75, 3.05) is 37.9 Å². The normalized spacial score (nSPS) is 20.1. The van der Waals surface area contributed by atoms with E-state index < -0.39 is 55.4 Å². The molecule has 1 heterocycles. The molecule has 354 valence electrons. The van der Waals surface area contributed by atoms with Crippen LogP contribution in [-0.4, -0.2) is 119 Å². The molecule has 0 unspecified atom stereocenters. The Bertz CT molecular complexity index is 1040. The Hall–Kier alpha value is -1.52. The summed E-state index contributed by atoms with van der Waals surface area (Å²) in [6.07, 6.45) is 24.8. The largest absolute Gasteiger partial charge is 0.462 e. The fraction of sp³-hybridized carbons (Fsp3) is 0.935. The second kappa shape index (κ2) is 39.1. The van der Waals surface area contributed by atoms with Crippen LogP contribution in [0.5, 0.6) is 0 Å². The Morgan fingerprint density at radius 3 is 1.55 bits per heavy atom. The maximum atomic E-state index is 12.8. The second-order valence-corrected chi connectivity index (χ2v) is 17.9. The van der Waals surface area contributed by atoms with Crippen LogP contribution in [-0.2, 0) is 33.3 Å². The van der Waals surface area contributed by atoms with Crippen LogP contribution in [0.1, 0.15) is 194 Å². The fourth-order valence-corrected chi connectivity index (χ4v) is 8.25. The number of unbranched alkanes of at least 4 members (excludes halogenated alkanes) is 24. The lowest BCUT2D eigenvalue weighted by atomic mass is 9.99. The summed E-state index contributed by atoms with van der Waals surface area (Å²) >= 11 is 1.33. The van der Waals surface area contributed by atoms with E-state index in [9.17, 15) is 34.8 Å². The van der Waals surface area contributed by atoms with Crippen molar-refractivity contribution in [1.29, 1.82) is 0 Å². The topological polar surface area (TPSA) is 207 Å². The summed E-state index contributed by atoms with van der Waals surface area (Å²) in [6, 6.07) is -0.887. The van der Waals surface area contributed by atoms with Crippen LogP contribution >= 0.6 is 11.8 Å². The van der Waals surface area contributed by atoms with Gasteiger partial charge in [-0.15, -0.1) is 0 Å². The first-order valence-electron chi connectivity index (χ1n) is 24.0. The number of hydrogen-bond acceptors (Lipinski definition) is 13. The van der Waals surface area contributed by atoms with E-state index in [0.717, 1.165) is 38.5 Å². The molecule has 0 aromatic rings. The Labute approximate surface area is 367 Å². The lowest BCUT2D eigenvalue weighted by Gasteiger charge is -2.39. The SMILES string of the molecule is CCCCCCCCCCCCCCCC(=O)OC[C@H](CSC[C@H](N)C(=O)NCCO[C@H]1O[C@H](CO)[C@H](O)[C@H](O)[C@H]1O)OC(=O)CCCCCCCCCCCCCCC. The third-order valence-electron chi connectivity index (χ3n) is 11.2. The van der Waals surface area contributed by atoms with Crippen LogP contribution in [0.4, 0.5) is 0 Å². The molecule has 1 aliphatic heterocycles. The maximum Gasteiger partial charge on any atom is 0.306 e. The molecule has 0 spiro atoms. The predicted octanol–water partition coefficient (Wildman–Crippen LogP) is 7.40. The molecule has 7 atom stereocenters. The number of rotatable bonds is 41. The van der Waals surface area contributed by atoms with Gasteiger partial charge in [0.2, 0.25) is 5.91 Å². The van der Waals surface area contributed by atoms with E-state index in [-0.39, 0.29) is 37.4 Å². The zero-order valence-electron chi connectivity index (χ0n) is 37.7. The van der Waals surface area contributed by atoms with E-state index in [2.05, 4.69) is 19.2 Å². The Balaban J connectivity index is 2.40. The summed E-state index contributed by atoms with van der Waals surface area (Å²) in [5.41, 5.74) is 6.13. The minimum absolute atomic E-state index is 0.0286. The summed E-state index contributed by atoms with van der Waals surface area (Å²) in [6.45, 7) is 3.81. The monoisotopic (exact) mass is 877 g/mol. The van der Waals surface area contributed by atoms with Crippen LogP contribution in [0.2, 0.25) is 0 Å². The molecule has 0 aromatic carbocycles. The number of esters is 2. The Morgan fingerprint density at radius 1 is 0.633 bits per heavy atom. The van der Waals surface area contributed by atoms with Gasteiger partial charge in [0.25, 0.3) is 0 Å². The number of thioether (sulfide) groups is 1. The van der Waals surface area contributed by atoms with Crippen molar-refractivity contribution in [3.8, 4) is 0 Å². The zero-order valence-corrected chi connectivity index (χ0v) is 38.5. The van der Waals surface area contributed by atoms with Gasteiger partial charge in [-0.1, -0.05) is 168 Å². The number of amides is 1. The van der Waals surface area contributed by atoms with E-state index in [0.29, 0.717) is 18.6 Å². The van der Waals surface area contributed by atoms with Crippen molar-refractivity contribution in [3.63, 3.8) is 0 Å². The summed E-state index contributed by atoms with van der Waals surface area (Å²) < 4.78 is 22.1. The minimum Gasteiger partial charge on any atom is -0.462 e. The molecule has 1 aliphatic rings. The second-order valence-electron chi connectivity index (χ2n) is 16.8. The average Bonchev–Trinajstić information content (AvgIpc) is 3.24. The number of nitrogens with two attached hydrogens (primary N) is 1. The highest BCUT2D eigenvalue weighted by molar-refractivity contribution is 7.99. The number of carbonyl (C=O) groups excluding carboxylic acids is 3. The summed E-state index contributed by atoms with van der Waals surface area (Å²) in [5.74, 6) is -0.545. The van der Waals surface area contributed by atoms with Gasteiger partial charge in [-0.3, -0.25) is 14.4 Å². The fourth-order valence-electron chi connectivity index (χ4n) is 7.28. The molecule has 0 aromatic heterocycles. The average molecular weight is 877 g/mol. The highest BCUT2D eigenvalue weighted by Gasteiger charge is 2.44. The summed E-state index contributed by atoms with van der Waals surface area (Å²) in [4.78, 5) is 38.1. The molecule has 60 heavy (non-hydrogen) atoms. The van der Waals surface area contributed by atoms with Crippen molar-refractivity contribution in [2.45, 2.75) is 236 Å². The van der Waals surface area contributed by atoms with Crippen LogP contribution in [0.15, 0.2) is 0 Å². The van der Waals surface area contributed by atoms with Crippen LogP contribution in [0, 0.1) is 0 Å². The van der Waals surface area contributed by atoms with E-state index in [1.807, 2.05) is 0 Å². The molecule has 1 rings (SSSR count). The summed E-state index contributed by atoms with van der Waals surface area (Å²) in [5, 5.41) is 41.9. The standard InChI is InChI=1S/C46H88N2O11S/c1-3-5-7-9-11-13-15-17-19-21-23-25-27-29-40(50)57-34-37(58-41(51)30-28-26-24-22-20-18-16-14-12-10-8-6-4-2)35-60-36-38(47)45(55)48-31-32-56-46-44(54)43(53)42(52)39(33-49)59-46/h37-39,42-44,46,49,52-54H,3-36,47H2,1-2H3,(H,48,55)/t37-,38+,39-,42+,43+,44-,46+/m1/s1. The highest BCUT2D eigenvalue weighted by atomic mass is 32.2. The molecule has 0 aliphatic carbocycles. The molecule has 7 N–H and O–H groups in total. The molecule has 1 fully saturated rings. The van der Waals surface area contributed by atoms with Gasteiger partial charge in [0.1, 0.15) is 37.1 Å². The minimum atomic E-state index is -1.56. The molecular formula is C46H88N2O11S. The number of aliphatic hydroxyl groups excluding tert-OH is 4. The van der Waals surface area contributed by atoms with Crippen LogP contribution in [0.3, 0.4) is 0 Å². The van der Waals surface area contributed by atoms with Gasteiger partial charge in [0.15, 0.2) is 6.29 Å². The maximum absolute atomic E-state index is 12.8. The van der Waals surface area contributed by atoms with Crippen molar-refractivity contribution in [1.82, 2.24) is 5.32 Å². The van der Waals surface area contributed by atoms with Crippen molar-refractivity contribution in [3.05, 3.63) is 0 Å². The van der Waals surface area contributed by atoms with Crippen LogP contribution in [0.25, 0.3) is 0 Å². The number of nitrogens with one attached hydrogen (secondary N) is 1. The van der Waals surface area contributed by atoms with E-state index in [4.69, 9.17) is 24.7 Å². The lowest BCUT2D eigenvalue weighted by molar-refractivity contribution is -0.300.